The van der Waals surface area contributed by atoms with Crippen molar-refractivity contribution in [2.45, 2.75) is 6.92 Å². The lowest BCUT2D eigenvalue weighted by atomic mass is 10.3. The first kappa shape index (κ1) is 12.3. The average molecular weight is 264 g/mol. The number of amides is 2. The van der Waals surface area contributed by atoms with E-state index in [1.54, 1.807) is 24.3 Å². The van der Waals surface area contributed by atoms with E-state index in [1.807, 2.05) is 6.92 Å². The predicted molar refractivity (Wildman–Crippen MR) is 70.2 cm³/mol. The second-order valence-electron chi connectivity index (χ2n) is 3.33. The van der Waals surface area contributed by atoms with Crippen LogP contribution in [0.4, 0.5) is 16.3 Å². The Morgan fingerprint density at radius 3 is 2.72 bits per heavy atom. The van der Waals surface area contributed by atoms with Gasteiger partial charge in [0.25, 0.3) is 0 Å². The van der Waals surface area contributed by atoms with Gasteiger partial charge < -0.3 is 10.1 Å². The summed E-state index contributed by atoms with van der Waals surface area (Å²) in [4.78, 5) is 11.6. The summed E-state index contributed by atoms with van der Waals surface area (Å²) in [6.07, 6.45) is 1.49. The van der Waals surface area contributed by atoms with E-state index in [0.29, 0.717) is 18.1 Å². The SMILES string of the molecule is CCOc1ccc(NC(=O)Nc2cnsn2)cc1. The molecule has 6 nitrogen and oxygen atoms in total. The van der Waals surface area contributed by atoms with Gasteiger partial charge in [0.2, 0.25) is 0 Å². The second kappa shape index (κ2) is 5.97. The van der Waals surface area contributed by atoms with E-state index in [0.717, 1.165) is 17.5 Å². The lowest BCUT2D eigenvalue weighted by Gasteiger charge is -2.07. The Bertz CT molecular complexity index is 498. The van der Waals surface area contributed by atoms with Crippen molar-refractivity contribution >= 4 is 29.3 Å². The molecule has 0 bridgehead atoms. The predicted octanol–water partition coefficient (Wildman–Crippen LogP) is 2.58. The molecule has 18 heavy (non-hydrogen) atoms. The van der Waals surface area contributed by atoms with Gasteiger partial charge in [0.1, 0.15) is 5.75 Å². The number of ether oxygens (including phenoxy) is 1. The largest absolute Gasteiger partial charge is 0.494 e. The van der Waals surface area contributed by atoms with Crippen molar-refractivity contribution in [2.75, 3.05) is 17.2 Å². The number of urea groups is 1. The normalized spacial score (nSPS) is 9.83. The van der Waals surface area contributed by atoms with Gasteiger partial charge in [-0.1, -0.05) is 0 Å². The number of hydrogen-bond donors (Lipinski definition) is 2. The van der Waals surface area contributed by atoms with Crippen molar-refractivity contribution in [1.82, 2.24) is 8.75 Å². The molecular weight excluding hydrogens is 252 g/mol. The highest BCUT2D eigenvalue weighted by Gasteiger charge is 2.04. The summed E-state index contributed by atoms with van der Waals surface area (Å²) >= 11 is 1.04. The molecular formula is C11H12N4O2S. The summed E-state index contributed by atoms with van der Waals surface area (Å²) in [5.41, 5.74) is 0.680. The number of carbonyl (C=O) groups excluding carboxylic acids is 1. The monoisotopic (exact) mass is 264 g/mol. The van der Waals surface area contributed by atoms with Gasteiger partial charge in [0.05, 0.1) is 24.5 Å². The Kier molecular flexibility index (Phi) is 4.08. The van der Waals surface area contributed by atoms with Crippen LogP contribution in [0.3, 0.4) is 0 Å². The maximum atomic E-state index is 11.6. The molecule has 7 heteroatoms. The van der Waals surface area contributed by atoms with Crippen molar-refractivity contribution in [2.24, 2.45) is 0 Å². The molecule has 0 aliphatic carbocycles. The van der Waals surface area contributed by atoms with Gasteiger partial charge in [0.15, 0.2) is 5.82 Å². The molecule has 1 aromatic heterocycles. The third-order valence-electron chi connectivity index (χ3n) is 2.03. The minimum atomic E-state index is -0.355. The lowest BCUT2D eigenvalue weighted by Crippen LogP contribution is -2.19. The van der Waals surface area contributed by atoms with Gasteiger partial charge in [-0.15, -0.1) is 0 Å². The number of carbonyl (C=O) groups is 1. The van der Waals surface area contributed by atoms with Crippen LogP contribution in [0.5, 0.6) is 5.75 Å². The average Bonchev–Trinajstić information content (AvgIpc) is 2.84. The van der Waals surface area contributed by atoms with Crippen LogP contribution in [0.25, 0.3) is 0 Å². The molecule has 0 saturated heterocycles. The van der Waals surface area contributed by atoms with Crippen LogP contribution in [0.1, 0.15) is 6.92 Å². The zero-order chi connectivity index (χ0) is 12.8. The van der Waals surface area contributed by atoms with E-state index in [9.17, 15) is 4.79 Å². The molecule has 0 radical (unpaired) electrons. The molecule has 1 heterocycles. The summed E-state index contributed by atoms with van der Waals surface area (Å²) in [6, 6.07) is 6.77. The molecule has 2 rings (SSSR count). The molecule has 0 unspecified atom stereocenters. The van der Waals surface area contributed by atoms with Gasteiger partial charge in [-0.2, -0.15) is 8.75 Å². The molecule has 0 atom stereocenters. The second-order valence-corrected chi connectivity index (χ2v) is 3.89. The Balaban J connectivity index is 1.90. The Morgan fingerprint density at radius 2 is 2.11 bits per heavy atom. The van der Waals surface area contributed by atoms with Crippen molar-refractivity contribution < 1.29 is 9.53 Å². The fraction of sp³-hybridized carbons (Fsp3) is 0.182. The van der Waals surface area contributed by atoms with E-state index in [2.05, 4.69) is 19.4 Å². The van der Waals surface area contributed by atoms with Crippen LogP contribution in [0.2, 0.25) is 0 Å². The highest BCUT2D eigenvalue weighted by atomic mass is 32.1. The highest BCUT2D eigenvalue weighted by Crippen LogP contribution is 2.15. The highest BCUT2D eigenvalue weighted by molar-refractivity contribution is 6.99. The van der Waals surface area contributed by atoms with Crippen LogP contribution in [0, 0.1) is 0 Å². The minimum absolute atomic E-state index is 0.355. The van der Waals surface area contributed by atoms with Crippen molar-refractivity contribution in [3.8, 4) is 5.75 Å². The molecule has 0 fully saturated rings. The van der Waals surface area contributed by atoms with Crippen LogP contribution in [-0.2, 0) is 0 Å². The fourth-order valence-corrected chi connectivity index (χ4v) is 1.67. The van der Waals surface area contributed by atoms with Gasteiger partial charge >= 0.3 is 6.03 Å². The van der Waals surface area contributed by atoms with Crippen LogP contribution >= 0.6 is 11.7 Å². The van der Waals surface area contributed by atoms with Gasteiger partial charge in [-0.3, -0.25) is 5.32 Å². The number of anilines is 2. The van der Waals surface area contributed by atoms with Crippen molar-refractivity contribution in [3.63, 3.8) is 0 Å². The smallest absolute Gasteiger partial charge is 0.324 e. The molecule has 2 N–H and O–H groups in total. The van der Waals surface area contributed by atoms with Crippen LogP contribution < -0.4 is 15.4 Å². The molecule has 0 spiro atoms. The number of nitrogens with zero attached hydrogens (tertiary/aromatic N) is 2. The Labute approximate surface area is 108 Å². The van der Waals surface area contributed by atoms with E-state index in [1.165, 1.54) is 6.20 Å². The van der Waals surface area contributed by atoms with Crippen molar-refractivity contribution in [3.05, 3.63) is 30.5 Å². The van der Waals surface area contributed by atoms with Gasteiger partial charge in [-0.05, 0) is 31.2 Å². The van der Waals surface area contributed by atoms with E-state index < -0.39 is 0 Å². The third-order valence-corrected chi connectivity index (χ3v) is 2.50. The third kappa shape index (κ3) is 3.42. The van der Waals surface area contributed by atoms with Gasteiger partial charge in [-0.25, -0.2) is 4.79 Å². The number of nitrogens with one attached hydrogen (secondary N) is 2. The van der Waals surface area contributed by atoms with Crippen LogP contribution in [-0.4, -0.2) is 21.4 Å². The molecule has 94 valence electrons. The first-order valence-corrected chi connectivity index (χ1v) is 6.09. The first-order chi connectivity index (χ1) is 8.78. The summed E-state index contributed by atoms with van der Waals surface area (Å²) in [5, 5.41) is 5.25. The topological polar surface area (TPSA) is 76.1 Å². The van der Waals surface area contributed by atoms with E-state index in [-0.39, 0.29) is 6.03 Å². The van der Waals surface area contributed by atoms with Crippen LogP contribution in [0.15, 0.2) is 30.5 Å². The number of benzene rings is 1. The quantitative estimate of drug-likeness (QED) is 0.889. The molecule has 0 aliphatic rings. The van der Waals surface area contributed by atoms with E-state index >= 15 is 0 Å². The molecule has 1 aromatic carbocycles. The Hall–Kier alpha value is -2.15. The standard InChI is InChI=1S/C11H12N4O2S/c1-2-17-9-5-3-8(4-6-9)13-11(16)14-10-7-12-18-15-10/h3-7H,2H2,1H3,(H2,13,14,15,16). The first-order valence-electron chi connectivity index (χ1n) is 5.36. The molecule has 2 amide bonds. The summed E-state index contributed by atoms with van der Waals surface area (Å²) in [7, 11) is 0. The van der Waals surface area contributed by atoms with Gasteiger partial charge in [0, 0.05) is 5.69 Å². The molecule has 0 aliphatic heterocycles. The maximum Gasteiger partial charge on any atom is 0.324 e. The van der Waals surface area contributed by atoms with Crippen molar-refractivity contribution in [1.29, 1.82) is 0 Å². The summed E-state index contributed by atoms with van der Waals surface area (Å²) in [5.74, 6) is 1.20. The lowest BCUT2D eigenvalue weighted by molar-refractivity contribution is 0.262. The Morgan fingerprint density at radius 1 is 1.33 bits per heavy atom. The maximum absolute atomic E-state index is 11.6. The summed E-state index contributed by atoms with van der Waals surface area (Å²) in [6.45, 7) is 2.53. The molecule has 2 aromatic rings. The number of hydrogen-bond acceptors (Lipinski definition) is 5. The molecule has 0 saturated carbocycles. The number of rotatable bonds is 4. The van der Waals surface area contributed by atoms with E-state index in [4.69, 9.17) is 4.74 Å². The summed E-state index contributed by atoms with van der Waals surface area (Å²) < 4.78 is 13.0. The zero-order valence-electron chi connectivity index (χ0n) is 9.71. The fourth-order valence-electron chi connectivity index (χ4n) is 1.30. The minimum Gasteiger partial charge on any atom is -0.494 e. The number of aromatic nitrogens is 2. The zero-order valence-corrected chi connectivity index (χ0v) is 10.5.